The molecule has 0 radical (unpaired) electrons. The number of likely N-dealkylation sites (N-methyl/N-ethyl adjacent to an activating group) is 1. The van der Waals surface area contributed by atoms with Gasteiger partial charge in [-0.2, -0.15) is 0 Å². The Labute approximate surface area is 178 Å². The number of aliphatic imine (C=N–C) groups is 1. The van der Waals surface area contributed by atoms with Crippen LogP contribution in [0.2, 0.25) is 5.02 Å². The molecule has 0 aromatic heterocycles. The molecule has 0 fully saturated rings. The smallest absolute Gasteiger partial charge is 0.227 e. The first kappa shape index (κ1) is 21.9. The molecule has 1 aromatic carbocycles. The molecular formula is C20H29ClN4O3S. The molecule has 0 spiro atoms. The molecule has 7 nitrogen and oxygen atoms in total. The molecule has 0 aliphatic carbocycles. The van der Waals surface area contributed by atoms with E-state index in [0.717, 1.165) is 11.3 Å². The van der Waals surface area contributed by atoms with Crippen LogP contribution in [0.5, 0.6) is 0 Å². The van der Waals surface area contributed by atoms with Crippen LogP contribution in [0.25, 0.3) is 0 Å². The average Bonchev–Trinajstić information content (AvgIpc) is 3.02. The molecule has 0 saturated carbocycles. The highest BCUT2D eigenvalue weighted by atomic mass is 35.5. The summed E-state index contributed by atoms with van der Waals surface area (Å²) >= 11 is 6.00. The van der Waals surface area contributed by atoms with E-state index in [4.69, 9.17) is 11.6 Å². The lowest BCUT2D eigenvalue weighted by Gasteiger charge is -2.36. The van der Waals surface area contributed by atoms with Gasteiger partial charge in [-0.1, -0.05) is 30.7 Å². The van der Waals surface area contributed by atoms with Gasteiger partial charge in [0.25, 0.3) is 0 Å². The maximum atomic E-state index is 13.0. The van der Waals surface area contributed by atoms with Gasteiger partial charge in [-0.05, 0) is 37.5 Å². The van der Waals surface area contributed by atoms with Crippen molar-refractivity contribution in [1.29, 1.82) is 0 Å². The highest BCUT2D eigenvalue weighted by Crippen LogP contribution is 2.31. The van der Waals surface area contributed by atoms with Gasteiger partial charge in [0.1, 0.15) is 0 Å². The van der Waals surface area contributed by atoms with E-state index >= 15 is 0 Å². The van der Waals surface area contributed by atoms with Gasteiger partial charge in [0.15, 0.2) is 15.7 Å². The standard InChI is InChI=1S/C20H29ClN4O3S/c1-4-11-29(27,28)20-22-19-18(13-24(14-23(19)3)10-9-15(2)26)25(20)12-16-5-7-17(21)8-6-16/h5-8,13,15,20,26H,4,9-12,14H2,1-3H3. The van der Waals surface area contributed by atoms with E-state index in [1.54, 1.807) is 19.1 Å². The summed E-state index contributed by atoms with van der Waals surface area (Å²) in [6.45, 7) is 5.33. The second kappa shape index (κ2) is 8.93. The SMILES string of the molecule is CCCS(=O)(=O)C1N=C2C(=CN(CCC(C)O)CN2C)N1Cc1ccc(Cl)cc1. The summed E-state index contributed by atoms with van der Waals surface area (Å²) in [7, 11) is -1.51. The van der Waals surface area contributed by atoms with Crippen LogP contribution in [0.3, 0.4) is 0 Å². The quantitative estimate of drug-likeness (QED) is 0.669. The Bertz CT molecular complexity index is 883. The number of fused-ring (bicyclic) bond motifs is 1. The van der Waals surface area contributed by atoms with E-state index in [9.17, 15) is 13.5 Å². The number of hydrogen-bond acceptors (Lipinski definition) is 7. The molecule has 9 heteroatoms. The number of aliphatic hydroxyl groups is 1. The molecule has 2 aliphatic heterocycles. The van der Waals surface area contributed by atoms with Crippen molar-refractivity contribution in [3.63, 3.8) is 0 Å². The van der Waals surface area contributed by atoms with E-state index in [-0.39, 0.29) is 11.9 Å². The van der Waals surface area contributed by atoms with Crippen molar-refractivity contribution in [2.45, 2.75) is 44.8 Å². The molecule has 2 heterocycles. The lowest BCUT2D eigenvalue weighted by molar-refractivity contribution is 0.156. The van der Waals surface area contributed by atoms with Crippen molar-refractivity contribution in [2.75, 3.05) is 26.0 Å². The van der Waals surface area contributed by atoms with Crippen LogP contribution >= 0.6 is 11.6 Å². The number of halogens is 1. The molecule has 0 amide bonds. The number of nitrogens with zero attached hydrogens (tertiary/aromatic N) is 4. The maximum Gasteiger partial charge on any atom is 0.227 e. The topological polar surface area (TPSA) is 76.4 Å². The lowest BCUT2D eigenvalue weighted by atomic mass is 10.2. The Morgan fingerprint density at radius 2 is 2.00 bits per heavy atom. The van der Waals surface area contributed by atoms with Crippen molar-refractivity contribution < 1.29 is 13.5 Å². The minimum Gasteiger partial charge on any atom is -0.393 e. The number of hydrogen-bond donors (Lipinski definition) is 1. The summed E-state index contributed by atoms with van der Waals surface area (Å²) in [5.74, 6) is 0.783. The minimum atomic E-state index is -3.43. The van der Waals surface area contributed by atoms with E-state index in [0.29, 0.717) is 43.5 Å². The number of sulfone groups is 1. The largest absolute Gasteiger partial charge is 0.393 e. The fraction of sp³-hybridized carbons (Fsp3) is 0.550. The Morgan fingerprint density at radius 3 is 2.62 bits per heavy atom. The molecule has 3 rings (SSSR count). The van der Waals surface area contributed by atoms with Crippen molar-refractivity contribution in [3.05, 3.63) is 46.7 Å². The Kier molecular flexibility index (Phi) is 6.76. The van der Waals surface area contributed by atoms with Gasteiger partial charge >= 0.3 is 0 Å². The number of rotatable bonds is 8. The van der Waals surface area contributed by atoms with Crippen molar-refractivity contribution in [1.82, 2.24) is 14.7 Å². The van der Waals surface area contributed by atoms with Crippen LogP contribution in [0.4, 0.5) is 0 Å². The Balaban J connectivity index is 1.95. The van der Waals surface area contributed by atoms with Crippen LogP contribution in [-0.4, -0.2) is 71.7 Å². The minimum absolute atomic E-state index is 0.0916. The summed E-state index contributed by atoms with van der Waals surface area (Å²) in [6.07, 6.45) is 2.77. The second-order valence-electron chi connectivity index (χ2n) is 7.70. The normalized spacial score (nSPS) is 20.4. The summed E-state index contributed by atoms with van der Waals surface area (Å²) < 4.78 is 25.9. The average molecular weight is 441 g/mol. The van der Waals surface area contributed by atoms with Gasteiger partial charge < -0.3 is 19.8 Å². The third-order valence-corrected chi connectivity index (χ3v) is 7.24. The summed E-state index contributed by atoms with van der Waals surface area (Å²) in [6, 6.07) is 7.42. The molecule has 1 aromatic rings. The van der Waals surface area contributed by atoms with Crippen LogP contribution in [0.15, 0.2) is 41.2 Å². The molecular weight excluding hydrogens is 412 g/mol. The number of amidine groups is 1. The van der Waals surface area contributed by atoms with Crippen LogP contribution < -0.4 is 0 Å². The first-order valence-corrected chi connectivity index (χ1v) is 12.0. The molecule has 0 bridgehead atoms. The van der Waals surface area contributed by atoms with Crippen molar-refractivity contribution >= 4 is 27.3 Å². The van der Waals surface area contributed by atoms with E-state index < -0.39 is 15.3 Å². The zero-order chi connectivity index (χ0) is 21.2. The second-order valence-corrected chi connectivity index (χ2v) is 10.3. The summed E-state index contributed by atoms with van der Waals surface area (Å²) in [4.78, 5) is 10.5. The third kappa shape index (κ3) is 5.05. The zero-order valence-electron chi connectivity index (χ0n) is 17.1. The summed E-state index contributed by atoms with van der Waals surface area (Å²) in [5, 5.41) is 10.3. The molecule has 29 heavy (non-hydrogen) atoms. The van der Waals surface area contributed by atoms with Gasteiger partial charge in [0.2, 0.25) is 5.50 Å². The molecule has 160 valence electrons. The van der Waals surface area contributed by atoms with E-state index in [1.165, 1.54) is 0 Å². The van der Waals surface area contributed by atoms with Gasteiger partial charge in [-0.25, -0.2) is 13.4 Å². The first-order chi connectivity index (χ1) is 13.7. The predicted octanol–water partition coefficient (Wildman–Crippen LogP) is 2.48. The maximum absolute atomic E-state index is 13.0. The van der Waals surface area contributed by atoms with Crippen molar-refractivity contribution in [3.8, 4) is 0 Å². The molecule has 0 saturated heterocycles. The Hall–Kier alpha value is -1.77. The fourth-order valence-electron chi connectivity index (χ4n) is 3.57. The highest BCUT2D eigenvalue weighted by Gasteiger charge is 2.42. The van der Waals surface area contributed by atoms with Gasteiger partial charge in [-0.3, -0.25) is 0 Å². The molecule has 2 unspecified atom stereocenters. The van der Waals surface area contributed by atoms with Gasteiger partial charge in [0.05, 0.1) is 24.2 Å². The highest BCUT2D eigenvalue weighted by molar-refractivity contribution is 7.91. The molecule has 2 aliphatic rings. The zero-order valence-corrected chi connectivity index (χ0v) is 18.7. The third-order valence-electron chi connectivity index (χ3n) is 5.01. The molecule has 1 N–H and O–H groups in total. The predicted molar refractivity (Wildman–Crippen MR) is 116 cm³/mol. The summed E-state index contributed by atoms with van der Waals surface area (Å²) in [5.41, 5.74) is 0.828. The molecule has 2 atom stereocenters. The van der Waals surface area contributed by atoms with Crippen LogP contribution in [0.1, 0.15) is 32.3 Å². The van der Waals surface area contributed by atoms with Gasteiger partial charge in [0, 0.05) is 31.4 Å². The fourth-order valence-corrected chi connectivity index (χ4v) is 5.31. The van der Waals surface area contributed by atoms with Crippen LogP contribution in [-0.2, 0) is 16.4 Å². The van der Waals surface area contributed by atoms with E-state index in [2.05, 4.69) is 9.89 Å². The van der Waals surface area contributed by atoms with Crippen LogP contribution in [0, 0.1) is 0 Å². The lowest BCUT2D eigenvalue weighted by Crippen LogP contribution is -2.45. The number of aliphatic hydroxyl groups excluding tert-OH is 1. The Morgan fingerprint density at radius 1 is 1.31 bits per heavy atom. The monoisotopic (exact) mass is 440 g/mol. The number of benzene rings is 1. The first-order valence-electron chi connectivity index (χ1n) is 9.87. The van der Waals surface area contributed by atoms with Gasteiger partial charge in [-0.15, -0.1) is 0 Å². The van der Waals surface area contributed by atoms with E-state index in [1.807, 2.05) is 42.1 Å². The van der Waals surface area contributed by atoms with Crippen molar-refractivity contribution in [2.24, 2.45) is 4.99 Å².